The second-order valence-corrected chi connectivity index (χ2v) is 5.67. The van der Waals surface area contributed by atoms with Gasteiger partial charge in [-0.25, -0.2) is 4.21 Å². The average molecular weight is 237 g/mol. The SMILES string of the molecule is CS(=O)ON1CCC(C)(C)CC1C(O)O. The average Bonchev–Trinajstić information content (AvgIpc) is 2.07. The summed E-state index contributed by atoms with van der Waals surface area (Å²) in [7, 11) is 0. The highest BCUT2D eigenvalue weighted by Gasteiger charge is 2.38. The molecule has 0 saturated carbocycles. The van der Waals surface area contributed by atoms with Crippen LogP contribution in [0.5, 0.6) is 0 Å². The van der Waals surface area contributed by atoms with Gasteiger partial charge in [-0.05, 0) is 18.3 Å². The van der Waals surface area contributed by atoms with Gasteiger partial charge in [0.2, 0.25) is 0 Å². The minimum atomic E-state index is -1.46. The van der Waals surface area contributed by atoms with E-state index in [1.807, 2.05) is 0 Å². The molecule has 0 aliphatic carbocycles. The molecule has 1 fully saturated rings. The molecular weight excluding hydrogens is 218 g/mol. The number of piperidine rings is 1. The van der Waals surface area contributed by atoms with Crippen LogP contribution in [0.3, 0.4) is 0 Å². The van der Waals surface area contributed by atoms with Gasteiger partial charge in [-0.3, -0.25) is 0 Å². The number of nitrogens with zero attached hydrogens (tertiary/aromatic N) is 1. The van der Waals surface area contributed by atoms with Crippen molar-refractivity contribution in [3.8, 4) is 0 Å². The van der Waals surface area contributed by atoms with Gasteiger partial charge in [-0.15, -0.1) is 0 Å². The van der Waals surface area contributed by atoms with Gasteiger partial charge in [0, 0.05) is 12.8 Å². The van der Waals surface area contributed by atoms with Crippen molar-refractivity contribution in [1.29, 1.82) is 0 Å². The maximum Gasteiger partial charge on any atom is 0.170 e. The van der Waals surface area contributed by atoms with Crippen molar-refractivity contribution in [3.63, 3.8) is 0 Å². The lowest BCUT2D eigenvalue weighted by atomic mass is 9.79. The lowest BCUT2D eigenvalue weighted by Crippen LogP contribution is -2.51. The van der Waals surface area contributed by atoms with Gasteiger partial charge in [-0.2, -0.15) is 9.35 Å². The monoisotopic (exact) mass is 237 g/mol. The highest BCUT2D eigenvalue weighted by Crippen LogP contribution is 2.34. The van der Waals surface area contributed by atoms with E-state index in [0.717, 1.165) is 6.42 Å². The zero-order valence-corrected chi connectivity index (χ0v) is 10.2. The Bertz CT molecular complexity index is 244. The number of hydroxylamine groups is 2. The summed E-state index contributed by atoms with van der Waals surface area (Å²) in [5.74, 6) is 0. The van der Waals surface area contributed by atoms with E-state index in [1.54, 1.807) is 0 Å². The highest BCUT2D eigenvalue weighted by atomic mass is 32.2. The summed E-state index contributed by atoms with van der Waals surface area (Å²) in [4.78, 5) is 0. The van der Waals surface area contributed by atoms with E-state index < -0.39 is 23.4 Å². The lowest BCUT2D eigenvalue weighted by molar-refractivity contribution is -0.204. The molecule has 1 aliphatic heterocycles. The molecule has 6 heteroatoms. The van der Waals surface area contributed by atoms with E-state index >= 15 is 0 Å². The molecule has 0 aromatic rings. The zero-order chi connectivity index (χ0) is 11.6. The minimum absolute atomic E-state index is 0.0590. The van der Waals surface area contributed by atoms with E-state index in [9.17, 15) is 14.4 Å². The third-order valence-electron chi connectivity index (χ3n) is 2.69. The van der Waals surface area contributed by atoms with Gasteiger partial charge in [0.05, 0.1) is 6.04 Å². The fourth-order valence-corrected chi connectivity index (χ4v) is 2.28. The first-order valence-corrected chi connectivity index (χ1v) is 6.45. The Kier molecular flexibility index (Phi) is 4.25. The van der Waals surface area contributed by atoms with Crippen molar-refractivity contribution < 1.29 is 18.7 Å². The number of rotatable bonds is 3. The van der Waals surface area contributed by atoms with Crippen LogP contribution < -0.4 is 0 Å². The van der Waals surface area contributed by atoms with Crippen molar-refractivity contribution in [3.05, 3.63) is 0 Å². The third-order valence-corrected chi connectivity index (χ3v) is 3.09. The Hall–Kier alpha value is -0.0100. The molecule has 0 amide bonds. The number of aliphatic hydroxyl groups excluding tert-OH is 1. The second-order valence-electron chi connectivity index (χ2n) is 4.72. The Morgan fingerprint density at radius 2 is 2.13 bits per heavy atom. The first-order chi connectivity index (χ1) is 6.82. The van der Waals surface area contributed by atoms with Gasteiger partial charge in [0.1, 0.15) is 0 Å². The van der Waals surface area contributed by atoms with E-state index in [2.05, 4.69) is 13.8 Å². The van der Waals surface area contributed by atoms with Crippen LogP contribution in [0.15, 0.2) is 0 Å². The molecule has 0 aromatic carbocycles. The summed E-state index contributed by atoms with van der Waals surface area (Å²) in [6.45, 7) is 4.71. The largest absolute Gasteiger partial charge is 0.367 e. The first-order valence-electron chi connectivity index (χ1n) is 4.96. The molecule has 2 N–H and O–H groups in total. The smallest absolute Gasteiger partial charge is 0.170 e. The Morgan fingerprint density at radius 3 is 2.60 bits per heavy atom. The number of hydrogen-bond acceptors (Lipinski definition) is 5. The van der Waals surface area contributed by atoms with Gasteiger partial charge in [0.15, 0.2) is 17.4 Å². The number of hydrogen-bond donors (Lipinski definition) is 2. The van der Waals surface area contributed by atoms with E-state index in [1.165, 1.54) is 11.3 Å². The van der Waals surface area contributed by atoms with Crippen molar-refractivity contribution >= 4 is 11.1 Å². The zero-order valence-electron chi connectivity index (χ0n) is 9.34. The summed E-state index contributed by atoms with van der Waals surface area (Å²) in [6.07, 6.45) is 1.45. The fraction of sp³-hybridized carbons (Fsp3) is 1.00. The molecule has 0 bridgehead atoms. The predicted molar refractivity (Wildman–Crippen MR) is 56.9 cm³/mol. The van der Waals surface area contributed by atoms with E-state index in [4.69, 9.17) is 4.28 Å². The molecule has 90 valence electrons. The molecule has 5 nitrogen and oxygen atoms in total. The van der Waals surface area contributed by atoms with Crippen LogP contribution in [-0.2, 0) is 15.4 Å². The van der Waals surface area contributed by atoms with Crippen molar-refractivity contribution in [1.82, 2.24) is 5.06 Å². The van der Waals surface area contributed by atoms with Gasteiger partial charge in [0.25, 0.3) is 0 Å². The Balaban J connectivity index is 2.67. The van der Waals surface area contributed by atoms with Crippen LogP contribution in [0.4, 0.5) is 0 Å². The summed E-state index contributed by atoms with van der Waals surface area (Å²) < 4.78 is 16.0. The molecule has 0 radical (unpaired) electrons. The molecule has 1 saturated heterocycles. The molecule has 0 spiro atoms. The van der Waals surface area contributed by atoms with Crippen molar-refractivity contribution in [2.75, 3.05) is 12.8 Å². The van der Waals surface area contributed by atoms with Crippen LogP contribution in [0.1, 0.15) is 26.7 Å². The maximum atomic E-state index is 10.9. The van der Waals surface area contributed by atoms with Crippen LogP contribution in [0.2, 0.25) is 0 Å². The summed E-state index contributed by atoms with van der Waals surface area (Å²) in [5.41, 5.74) is 0.0590. The Morgan fingerprint density at radius 1 is 1.53 bits per heavy atom. The van der Waals surface area contributed by atoms with Crippen LogP contribution in [0, 0.1) is 5.41 Å². The quantitative estimate of drug-likeness (QED) is 0.677. The highest BCUT2D eigenvalue weighted by molar-refractivity contribution is 7.79. The summed E-state index contributed by atoms with van der Waals surface area (Å²) >= 11 is -1.42. The van der Waals surface area contributed by atoms with Crippen LogP contribution in [0.25, 0.3) is 0 Å². The van der Waals surface area contributed by atoms with Gasteiger partial charge >= 0.3 is 0 Å². The third kappa shape index (κ3) is 3.81. The van der Waals surface area contributed by atoms with Crippen LogP contribution >= 0.6 is 0 Å². The van der Waals surface area contributed by atoms with Gasteiger partial charge < -0.3 is 10.2 Å². The summed E-state index contributed by atoms with van der Waals surface area (Å²) in [6, 6.07) is -0.502. The number of aliphatic hydroxyl groups is 2. The van der Waals surface area contributed by atoms with E-state index in [-0.39, 0.29) is 5.41 Å². The first kappa shape index (κ1) is 13.1. The standard InChI is InChI=1S/C9H19NO4S/c1-9(2)4-5-10(14-15(3)13)7(6-9)8(11)12/h7-8,11-12H,4-6H2,1-3H3. The second kappa shape index (κ2) is 4.88. The predicted octanol–water partition coefficient (Wildman–Crippen LogP) is 0.0128. The molecule has 2 atom stereocenters. The summed E-state index contributed by atoms with van der Waals surface area (Å²) in [5, 5.41) is 19.9. The molecule has 15 heavy (non-hydrogen) atoms. The molecule has 1 rings (SSSR count). The Labute approximate surface area is 92.7 Å². The maximum absolute atomic E-state index is 10.9. The normalized spacial score (nSPS) is 29.3. The molecule has 1 aliphatic rings. The molecular formula is C9H19NO4S. The molecule has 0 aromatic heterocycles. The van der Waals surface area contributed by atoms with Crippen molar-refractivity contribution in [2.45, 2.75) is 39.0 Å². The van der Waals surface area contributed by atoms with Gasteiger partial charge in [-0.1, -0.05) is 13.8 Å². The van der Waals surface area contributed by atoms with Crippen LogP contribution in [-0.4, -0.2) is 44.6 Å². The van der Waals surface area contributed by atoms with Crippen molar-refractivity contribution in [2.24, 2.45) is 5.41 Å². The topological polar surface area (TPSA) is 70.0 Å². The fourth-order valence-electron chi connectivity index (χ4n) is 1.83. The molecule has 2 unspecified atom stereocenters. The van der Waals surface area contributed by atoms with E-state index in [0.29, 0.717) is 13.0 Å². The molecule has 1 heterocycles. The minimum Gasteiger partial charge on any atom is -0.367 e. The lowest BCUT2D eigenvalue weighted by Gasteiger charge is -2.42.